The van der Waals surface area contributed by atoms with Crippen LogP contribution in [0.1, 0.15) is 22.7 Å². The van der Waals surface area contributed by atoms with Gasteiger partial charge in [0, 0.05) is 45.3 Å². The molecule has 6 heteroatoms. The predicted molar refractivity (Wildman–Crippen MR) is 98.8 cm³/mol. The minimum atomic E-state index is 0.300. The molecule has 3 heterocycles. The van der Waals surface area contributed by atoms with Gasteiger partial charge >= 0.3 is 0 Å². The number of hydrogen-bond donors (Lipinski definition) is 0. The average Bonchev–Trinajstić information content (AvgIpc) is 2.98. The monoisotopic (exact) mass is 346 g/mol. The second-order valence-electron chi connectivity index (χ2n) is 6.54. The lowest BCUT2D eigenvalue weighted by Crippen LogP contribution is -2.42. The number of pyridine rings is 1. The third kappa shape index (κ3) is 4.75. The first kappa shape index (κ1) is 17.3. The number of ether oxygens (including phenoxy) is 1. The van der Waals surface area contributed by atoms with E-state index in [2.05, 4.69) is 39.3 Å². The molecule has 1 fully saturated rings. The van der Waals surface area contributed by atoms with Crippen LogP contribution in [0, 0.1) is 6.92 Å². The summed E-state index contributed by atoms with van der Waals surface area (Å²) >= 11 is 1.73. The average molecular weight is 347 g/mol. The zero-order chi connectivity index (χ0) is 16.9. The Morgan fingerprint density at radius 3 is 3.04 bits per heavy atom. The zero-order valence-electron chi connectivity index (χ0n) is 14.7. The van der Waals surface area contributed by atoms with Crippen LogP contribution in [-0.2, 0) is 17.7 Å². The van der Waals surface area contributed by atoms with Crippen molar-refractivity contribution in [1.82, 2.24) is 14.9 Å². The maximum Gasteiger partial charge on any atom is 0.128 e. The van der Waals surface area contributed by atoms with Crippen molar-refractivity contribution in [2.45, 2.75) is 32.4 Å². The molecule has 2 aromatic heterocycles. The normalized spacial score (nSPS) is 18.7. The van der Waals surface area contributed by atoms with Gasteiger partial charge in [-0.25, -0.2) is 9.97 Å². The number of rotatable bonds is 6. The molecule has 3 rings (SSSR count). The largest absolute Gasteiger partial charge is 0.376 e. The van der Waals surface area contributed by atoms with Gasteiger partial charge < -0.3 is 9.64 Å². The smallest absolute Gasteiger partial charge is 0.128 e. The molecule has 1 saturated heterocycles. The molecule has 24 heavy (non-hydrogen) atoms. The molecular weight excluding hydrogens is 320 g/mol. The van der Waals surface area contributed by atoms with Crippen molar-refractivity contribution in [2.75, 3.05) is 38.7 Å². The van der Waals surface area contributed by atoms with Gasteiger partial charge in [0.1, 0.15) is 5.82 Å². The lowest BCUT2D eigenvalue weighted by Gasteiger charge is -2.32. The van der Waals surface area contributed by atoms with Gasteiger partial charge in [0.25, 0.3) is 0 Å². The number of thiazole rings is 1. The summed E-state index contributed by atoms with van der Waals surface area (Å²) in [7, 11) is 4.04. The molecule has 0 saturated carbocycles. The predicted octanol–water partition coefficient (Wildman–Crippen LogP) is 2.75. The maximum atomic E-state index is 5.97. The van der Waals surface area contributed by atoms with E-state index in [1.807, 2.05) is 25.2 Å². The van der Waals surface area contributed by atoms with E-state index >= 15 is 0 Å². The highest BCUT2D eigenvalue weighted by Gasteiger charge is 2.21. The molecule has 5 nitrogen and oxygen atoms in total. The summed E-state index contributed by atoms with van der Waals surface area (Å²) in [6.45, 7) is 5.79. The fourth-order valence-corrected chi connectivity index (χ4v) is 3.60. The van der Waals surface area contributed by atoms with Gasteiger partial charge in [-0.3, -0.25) is 4.90 Å². The van der Waals surface area contributed by atoms with Gasteiger partial charge in [0.15, 0.2) is 0 Å². The number of anilines is 1. The molecule has 0 radical (unpaired) electrons. The van der Waals surface area contributed by atoms with E-state index in [1.165, 1.54) is 11.3 Å². The second kappa shape index (κ2) is 8.05. The summed E-state index contributed by atoms with van der Waals surface area (Å²) in [6.07, 6.45) is 4.26. The van der Waals surface area contributed by atoms with Gasteiger partial charge in [-0.15, -0.1) is 11.3 Å². The van der Waals surface area contributed by atoms with Gasteiger partial charge in [0.05, 0.1) is 23.4 Å². The SMILES string of the molecule is Cc1nc(CN2CCO[C@H](CCc3ccnc(N(C)C)c3)C2)cs1. The molecule has 0 aliphatic carbocycles. The Labute approximate surface area is 148 Å². The number of nitrogens with zero attached hydrogens (tertiary/aromatic N) is 4. The van der Waals surface area contributed by atoms with Gasteiger partial charge in [0.2, 0.25) is 0 Å². The highest BCUT2D eigenvalue weighted by atomic mass is 32.1. The van der Waals surface area contributed by atoms with Crippen LogP contribution in [0.5, 0.6) is 0 Å². The fourth-order valence-electron chi connectivity index (χ4n) is 3.00. The topological polar surface area (TPSA) is 41.5 Å². The van der Waals surface area contributed by atoms with Crippen molar-refractivity contribution in [3.8, 4) is 0 Å². The van der Waals surface area contributed by atoms with Gasteiger partial charge in [-0.1, -0.05) is 0 Å². The standard InChI is InChI=1S/C18H26N4OS/c1-14-20-16(13-24-14)11-22-8-9-23-17(12-22)5-4-15-6-7-19-18(10-15)21(2)3/h6-7,10,13,17H,4-5,8-9,11-12H2,1-3H3/t17-/m1/s1. The third-order valence-electron chi connectivity index (χ3n) is 4.30. The van der Waals surface area contributed by atoms with E-state index < -0.39 is 0 Å². The van der Waals surface area contributed by atoms with E-state index in [-0.39, 0.29) is 0 Å². The Morgan fingerprint density at radius 1 is 1.42 bits per heavy atom. The minimum Gasteiger partial charge on any atom is -0.376 e. The van der Waals surface area contributed by atoms with Gasteiger partial charge in [-0.2, -0.15) is 0 Å². The lowest BCUT2D eigenvalue weighted by atomic mass is 10.1. The van der Waals surface area contributed by atoms with Crippen LogP contribution in [0.15, 0.2) is 23.7 Å². The Bertz CT molecular complexity index is 658. The van der Waals surface area contributed by atoms with Crippen LogP contribution in [0.4, 0.5) is 5.82 Å². The molecular formula is C18H26N4OS. The highest BCUT2D eigenvalue weighted by molar-refractivity contribution is 7.09. The van der Waals surface area contributed by atoms with Crippen molar-refractivity contribution in [3.05, 3.63) is 40.0 Å². The molecule has 0 amide bonds. The summed E-state index contributed by atoms with van der Waals surface area (Å²) in [5, 5.41) is 3.31. The second-order valence-corrected chi connectivity index (χ2v) is 7.60. The highest BCUT2D eigenvalue weighted by Crippen LogP contribution is 2.17. The molecule has 0 spiro atoms. The van der Waals surface area contributed by atoms with E-state index in [9.17, 15) is 0 Å². The van der Waals surface area contributed by atoms with Crippen LogP contribution < -0.4 is 4.90 Å². The number of aryl methyl sites for hydroxylation is 2. The van der Waals surface area contributed by atoms with E-state index in [0.717, 1.165) is 49.9 Å². The molecule has 0 unspecified atom stereocenters. The number of aromatic nitrogens is 2. The Hall–Kier alpha value is -1.50. The van der Waals surface area contributed by atoms with Crippen LogP contribution >= 0.6 is 11.3 Å². The van der Waals surface area contributed by atoms with E-state index in [1.54, 1.807) is 11.3 Å². The third-order valence-corrected chi connectivity index (χ3v) is 5.12. The molecule has 1 aliphatic rings. The number of morpholine rings is 1. The first-order valence-corrected chi connectivity index (χ1v) is 9.35. The van der Waals surface area contributed by atoms with Crippen LogP contribution in [0.25, 0.3) is 0 Å². The van der Waals surface area contributed by atoms with E-state index in [0.29, 0.717) is 6.10 Å². The van der Waals surface area contributed by atoms with Crippen molar-refractivity contribution >= 4 is 17.2 Å². The van der Waals surface area contributed by atoms with Crippen molar-refractivity contribution < 1.29 is 4.74 Å². The Kier molecular flexibility index (Phi) is 5.81. The molecule has 1 aliphatic heterocycles. The minimum absolute atomic E-state index is 0.300. The van der Waals surface area contributed by atoms with E-state index in [4.69, 9.17) is 4.74 Å². The van der Waals surface area contributed by atoms with Gasteiger partial charge in [-0.05, 0) is 37.5 Å². The quantitative estimate of drug-likeness (QED) is 0.804. The summed E-state index contributed by atoms with van der Waals surface area (Å²) in [6, 6.07) is 4.27. The van der Waals surface area contributed by atoms with Crippen LogP contribution in [0.2, 0.25) is 0 Å². The first-order chi connectivity index (χ1) is 11.6. The zero-order valence-corrected chi connectivity index (χ0v) is 15.6. The molecule has 1 atom stereocenters. The lowest BCUT2D eigenvalue weighted by molar-refractivity contribution is -0.0348. The maximum absolute atomic E-state index is 5.97. The molecule has 2 aromatic rings. The molecule has 130 valence electrons. The van der Waals surface area contributed by atoms with Crippen molar-refractivity contribution in [1.29, 1.82) is 0 Å². The first-order valence-electron chi connectivity index (χ1n) is 8.47. The van der Waals surface area contributed by atoms with Crippen molar-refractivity contribution in [3.63, 3.8) is 0 Å². The van der Waals surface area contributed by atoms with Crippen LogP contribution in [-0.4, -0.2) is 54.8 Å². The summed E-state index contributed by atoms with van der Waals surface area (Å²) in [5.41, 5.74) is 2.51. The van der Waals surface area contributed by atoms with Crippen LogP contribution in [0.3, 0.4) is 0 Å². The molecule has 0 N–H and O–H groups in total. The summed E-state index contributed by atoms with van der Waals surface area (Å²) < 4.78 is 5.97. The summed E-state index contributed by atoms with van der Waals surface area (Å²) in [5.74, 6) is 1.01. The van der Waals surface area contributed by atoms with Crippen molar-refractivity contribution in [2.24, 2.45) is 0 Å². The Morgan fingerprint density at radius 2 is 2.29 bits per heavy atom. The fraction of sp³-hybridized carbons (Fsp3) is 0.556. The Balaban J connectivity index is 1.51. The number of hydrogen-bond acceptors (Lipinski definition) is 6. The molecule has 0 aromatic carbocycles. The molecule has 0 bridgehead atoms. The summed E-state index contributed by atoms with van der Waals surface area (Å²) in [4.78, 5) is 13.4.